The van der Waals surface area contributed by atoms with E-state index in [9.17, 15) is 4.79 Å². The molecule has 4 nitrogen and oxygen atoms in total. The van der Waals surface area contributed by atoms with Gasteiger partial charge in [0, 0.05) is 34.4 Å². The fourth-order valence-corrected chi connectivity index (χ4v) is 4.53. The zero-order chi connectivity index (χ0) is 18.1. The van der Waals surface area contributed by atoms with Gasteiger partial charge in [0.05, 0.1) is 5.69 Å². The molecule has 1 unspecified atom stereocenters. The zero-order valence-corrected chi connectivity index (χ0v) is 15.8. The summed E-state index contributed by atoms with van der Waals surface area (Å²) in [6.07, 6.45) is 6.06. The summed E-state index contributed by atoms with van der Waals surface area (Å²) in [6.45, 7) is 4.12. The molecule has 1 N–H and O–H groups in total. The fraction of sp³-hybridized carbons (Fsp3) is 0.286. The Morgan fingerprint density at radius 3 is 2.81 bits per heavy atom. The molecule has 0 fully saturated rings. The quantitative estimate of drug-likeness (QED) is 0.742. The van der Waals surface area contributed by atoms with Crippen LogP contribution in [0.3, 0.4) is 0 Å². The van der Waals surface area contributed by atoms with Crippen molar-refractivity contribution in [1.82, 2.24) is 9.97 Å². The van der Waals surface area contributed by atoms with Gasteiger partial charge in [-0.05, 0) is 62.4 Å². The lowest BCUT2D eigenvalue weighted by Crippen LogP contribution is -2.28. The van der Waals surface area contributed by atoms with Gasteiger partial charge in [0.25, 0.3) is 0 Å². The molecule has 1 amide bonds. The van der Waals surface area contributed by atoms with Gasteiger partial charge < -0.3 is 5.32 Å². The maximum atomic E-state index is 12.8. The molecule has 0 bridgehead atoms. The zero-order valence-electron chi connectivity index (χ0n) is 15.0. The summed E-state index contributed by atoms with van der Waals surface area (Å²) in [5.41, 5.74) is 5.49. The Kier molecular flexibility index (Phi) is 4.55. The smallest absolute Gasteiger partial charge is 0.227 e. The number of aromatic nitrogens is 2. The Hall–Kier alpha value is -2.53. The minimum atomic E-state index is 0.00755. The SMILES string of the molecule is Cc1cccc(NC(=O)C2CCc3nc(-c4ccncc4)sc3C2)c1C. The van der Waals surface area contributed by atoms with Crippen LogP contribution in [-0.2, 0) is 17.6 Å². The lowest BCUT2D eigenvalue weighted by atomic mass is 9.90. The summed E-state index contributed by atoms with van der Waals surface area (Å²) in [5.74, 6) is 0.122. The number of hydrogen-bond donors (Lipinski definition) is 1. The van der Waals surface area contributed by atoms with Crippen LogP contribution in [0.5, 0.6) is 0 Å². The van der Waals surface area contributed by atoms with E-state index >= 15 is 0 Å². The van der Waals surface area contributed by atoms with Gasteiger partial charge in [0.2, 0.25) is 5.91 Å². The number of aryl methyl sites for hydroxylation is 2. The number of thiazole rings is 1. The molecule has 0 saturated heterocycles. The predicted octanol–water partition coefficient (Wildman–Crippen LogP) is 4.57. The highest BCUT2D eigenvalue weighted by Crippen LogP contribution is 2.35. The highest BCUT2D eigenvalue weighted by molar-refractivity contribution is 7.15. The lowest BCUT2D eigenvalue weighted by Gasteiger charge is -2.21. The molecule has 1 aliphatic carbocycles. The van der Waals surface area contributed by atoms with E-state index in [4.69, 9.17) is 4.98 Å². The summed E-state index contributed by atoms with van der Waals surface area (Å²) in [7, 11) is 0. The number of nitrogens with one attached hydrogen (secondary N) is 1. The minimum absolute atomic E-state index is 0.00755. The van der Waals surface area contributed by atoms with Crippen LogP contribution in [0.4, 0.5) is 5.69 Å². The topological polar surface area (TPSA) is 54.9 Å². The van der Waals surface area contributed by atoms with Gasteiger partial charge in [-0.15, -0.1) is 11.3 Å². The van der Waals surface area contributed by atoms with E-state index in [0.29, 0.717) is 0 Å². The number of pyridine rings is 1. The van der Waals surface area contributed by atoms with Gasteiger partial charge in [0.1, 0.15) is 5.01 Å². The molecule has 0 radical (unpaired) electrons. The molecule has 4 rings (SSSR count). The van der Waals surface area contributed by atoms with E-state index in [1.54, 1.807) is 23.7 Å². The Bertz CT molecular complexity index is 949. The van der Waals surface area contributed by atoms with Crippen LogP contribution in [-0.4, -0.2) is 15.9 Å². The molecule has 3 aromatic rings. The van der Waals surface area contributed by atoms with Crippen molar-refractivity contribution in [2.45, 2.75) is 33.1 Å². The molecule has 5 heteroatoms. The van der Waals surface area contributed by atoms with Gasteiger partial charge in [0.15, 0.2) is 0 Å². The molecule has 0 saturated carbocycles. The Morgan fingerprint density at radius 2 is 2.00 bits per heavy atom. The molecule has 0 aliphatic heterocycles. The van der Waals surface area contributed by atoms with Crippen LogP contribution in [0.25, 0.3) is 10.6 Å². The first kappa shape index (κ1) is 16.9. The van der Waals surface area contributed by atoms with Crippen molar-refractivity contribution in [2.24, 2.45) is 5.92 Å². The number of carbonyl (C=O) groups is 1. The van der Waals surface area contributed by atoms with Gasteiger partial charge in [-0.3, -0.25) is 9.78 Å². The maximum Gasteiger partial charge on any atom is 0.227 e. The second kappa shape index (κ2) is 7.00. The number of benzene rings is 1. The van der Waals surface area contributed by atoms with Gasteiger partial charge in [-0.2, -0.15) is 0 Å². The Morgan fingerprint density at radius 1 is 1.19 bits per heavy atom. The number of fused-ring (bicyclic) bond motifs is 1. The summed E-state index contributed by atoms with van der Waals surface area (Å²) >= 11 is 1.70. The second-order valence-electron chi connectivity index (χ2n) is 6.80. The van der Waals surface area contributed by atoms with Crippen LogP contribution in [0.2, 0.25) is 0 Å². The third-order valence-electron chi connectivity index (χ3n) is 5.10. The first-order valence-corrected chi connectivity index (χ1v) is 9.69. The average Bonchev–Trinajstić information content (AvgIpc) is 3.09. The van der Waals surface area contributed by atoms with Gasteiger partial charge >= 0.3 is 0 Å². The van der Waals surface area contributed by atoms with Crippen molar-refractivity contribution >= 4 is 22.9 Å². The van der Waals surface area contributed by atoms with Gasteiger partial charge in [-0.25, -0.2) is 4.98 Å². The third kappa shape index (κ3) is 3.27. The molecular formula is C21H21N3OS. The van der Waals surface area contributed by atoms with E-state index < -0.39 is 0 Å². The molecule has 132 valence electrons. The molecular weight excluding hydrogens is 342 g/mol. The molecule has 2 aromatic heterocycles. The molecule has 1 aliphatic rings. The summed E-state index contributed by atoms with van der Waals surface area (Å²) in [4.78, 5) is 22.9. The summed E-state index contributed by atoms with van der Waals surface area (Å²) in [5, 5.41) is 4.15. The van der Waals surface area contributed by atoms with Crippen molar-refractivity contribution in [3.05, 3.63) is 64.4 Å². The normalized spacial score (nSPS) is 16.2. The van der Waals surface area contributed by atoms with E-state index in [-0.39, 0.29) is 11.8 Å². The molecule has 26 heavy (non-hydrogen) atoms. The van der Waals surface area contributed by atoms with Crippen LogP contribution in [0.1, 0.15) is 28.1 Å². The molecule has 0 spiro atoms. The maximum absolute atomic E-state index is 12.8. The van der Waals surface area contributed by atoms with Crippen molar-refractivity contribution in [3.63, 3.8) is 0 Å². The number of carbonyl (C=O) groups excluding carboxylic acids is 1. The second-order valence-corrected chi connectivity index (χ2v) is 7.88. The number of rotatable bonds is 3. The fourth-order valence-electron chi connectivity index (χ4n) is 3.34. The average molecular weight is 363 g/mol. The number of amides is 1. The standard InChI is InChI=1S/C21H21N3OS/c1-13-4-3-5-17(14(13)2)23-20(25)16-6-7-18-19(12-16)26-21(24-18)15-8-10-22-11-9-15/h3-5,8-11,16H,6-7,12H2,1-2H3,(H,23,25). The highest BCUT2D eigenvalue weighted by Gasteiger charge is 2.28. The highest BCUT2D eigenvalue weighted by atomic mass is 32.1. The Labute approximate surface area is 157 Å². The van der Waals surface area contributed by atoms with Gasteiger partial charge in [-0.1, -0.05) is 12.1 Å². The largest absolute Gasteiger partial charge is 0.326 e. The van der Waals surface area contributed by atoms with Crippen LogP contribution >= 0.6 is 11.3 Å². The van der Waals surface area contributed by atoms with Crippen molar-refractivity contribution in [3.8, 4) is 10.6 Å². The van der Waals surface area contributed by atoms with E-state index in [1.807, 2.05) is 31.2 Å². The molecule has 2 heterocycles. The van der Waals surface area contributed by atoms with Crippen molar-refractivity contribution < 1.29 is 4.79 Å². The first-order chi connectivity index (χ1) is 12.6. The van der Waals surface area contributed by atoms with Crippen LogP contribution in [0, 0.1) is 19.8 Å². The van der Waals surface area contributed by atoms with Crippen molar-refractivity contribution in [1.29, 1.82) is 0 Å². The molecule has 1 atom stereocenters. The summed E-state index contributed by atoms with van der Waals surface area (Å²) in [6, 6.07) is 9.99. The van der Waals surface area contributed by atoms with E-state index in [2.05, 4.69) is 23.3 Å². The van der Waals surface area contributed by atoms with Crippen LogP contribution < -0.4 is 5.32 Å². The van der Waals surface area contributed by atoms with Crippen LogP contribution in [0.15, 0.2) is 42.7 Å². The Balaban J connectivity index is 1.50. The first-order valence-electron chi connectivity index (χ1n) is 8.88. The lowest BCUT2D eigenvalue weighted by molar-refractivity contribution is -0.120. The van der Waals surface area contributed by atoms with Crippen molar-refractivity contribution in [2.75, 3.05) is 5.32 Å². The number of nitrogens with zero attached hydrogens (tertiary/aromatic N) is 2. The number of anilines is 1. The predicted molar refractivity (Wildman–Crippen MR) is 105 cm³/mol. The van der Waals surface area contributed by atoms with E-state index in [1.165, 1.54) is 10.4 Å². The van der Waals surface area contributed by atoms with E-state index in [0.717, 1.165) is 46.8 Å². The monoisotopic (exact) mass is 363 g/mol. The number of hydrogen-bond acceptors (Lipinski definition) is 4. The molecule has 1 aromatic carbocycles. The third-order valence-corrected chi connectivity index (χ3v) is 6.27. The summed E-state index contributed by atoms with van der Waals surface area (Å²) < 4.78 is 0. The minimum Gasteiger partial charge on any atom is -0.326 e.